The highest BCUT2D eigenvalue weighted by atomic mass is 19.1. The number of amides is 1. The van der Waals surface area contributed by atoms with E-state index in [9.17, 15) is 9.18 Å². The molecule has 0 unspecified atom stereocenters. The van der Waals surface area contributed by atoms with Gasteiger partial charge in [0, 0.05) is 18.7 Å². The first kappa shape index (κ1) is 12.6. The standard InChI is InChI=1S/C12H16FNO2/c1-9-8-10(5-6-11(9)13)14-12(16)4-2-3-7-15/h5-6,8,15H,2-4,7H2,1H3,(H,14,16). The fraction of sp³-hybridized carbons (Fsp3) is 0.417. The molecule has 0 aliphatic rings. The maximum absolute atomic E-state index is 12.9. The lowest BCUT2D eigenvalue weighted by Crippen LogP contribution is -2.11. The molecule has 88 valence electrons. The highest BCUT2D eigenvalue weighted by molar-refractivity contribution is 5.90. The Morgan fingerprint density at radius 3 is 2.81 bits per heavy atom. The van der Waals surface area contributed by atoms with E-state index in [0.29, 0.717) is 30.5 Å². The van der Waals surface area contributed by atoms with Gasteiger partial charge in [-0.3, -0.25) is 4.79 Å². The van der Waals surface area contributed by atoms with E-state index in [-0.39, 0.29) is 18.3 Å². The average Bonchev–Trinajstić information content (AvgIpc) is 2.24. The Balaban J connectivity index is 2.46. The quantitative estimate of drug-likeness (QED) is 0.755. The number of aliphatic hydroxyl groups is 1. The van der Waals surface area contributed by atoms with E-state index < -0.39 is 0 Å². The van der Waals surface area contributed by atoms with Gasteiger partial charge in [0.05, 0.1) is 0 Å². The zero-order chi connectivity index (χ0) is 12.0. The lowest BCUT2D eigenvalue weighted by Gasteiger charge is -2.06. The summed E-state index contributed by atoms with van der Waals surface area (Å²) < 4.78 is 12.9. The molecule has 0 saturated carbocycles. The molecule has 2 N–H and O–H groups in total. The largest absolute Gasteiger partial charge is 0.396 e. The molecule has 1 aromatic carbocycles. The summed E-state index contributed by atoms with van der Waals surface area (Å²) in [6.45, 7) is 1.75. The molecule has 0 bridgehead atoms. The number of aliphatic hydroxyl groups excluding tert-OH is 1. The van der Waals surface area contributed by atoms with Crippen LogP contribution in [-0.4, -0.2) is 17.6 Å². The first-order valence-electron chi connectivity index (χ1n) is 5.30. The normalized spacial score (nSPS) is 10.2. The van der Waals surface area contributed by atoms with Gasteiger partial charge < -0.3 is 10.4 Å². The molecule has 1 aromatic rings. The summed E-state index contributed by atoms with van der Waals surface area (Å²) in [5.74, 6) is -0.391. The van der Waals surface area contributed by atoms with Crippen molar-refractivity contribution in [3.63, 3.8) is 0 Å². The molecule has 0 aliphatic carbocycles. The zero-order valence-corrected chi connectivity index (χ0v) is 9.29. The van der Waals surface area contributed by atoms with E-state index in [1.807, 2.05) is 0 Å². The Labute approximate surface area is 94.3 Å². The summed E-state index contributed by atoms with van der Waals surface area (Å²) in [4.78, 5) is 11.4. The highest BCUT2D eigenvalue weighted by Gasteiger charge is 2.03. The van der Waals surface area contributed by atoms with E-state index in [4.69, 9.17) is 5.11 Å². The van der Waals surface area contributed by atoms with Crippen LogP contribution in [0.2, 0.25) is 0 Å². The van der Waals surface area contributed by atoms with E-state index >= 15 is 0 Å². The van der Waals surface area contributed by atoms with Crippen LogP contribution in [0.5, 0.6) is 0 Å². The van der Waals surface area contributed by atoms with Crippen LogP contribution in [0.15, 0.2) is 18.2 Å². The maximum atomic E-state index is 12.9. The SMILES string of the molecule is Cc1cc(NC(=O)CCCCO)ccc1F. The van der Waals surface area contributed by atoms with Crippen LogP contribution in [0, 0.1) is 12.7 Å². The highest BCUT2D eigenvalue weighted by Crippen LogP contribution is 2.14. The van der Waals surface area contributed by atoms with E-state index in [2.05, 4.69) is 5.32 Å². The van der Waals surface area contributed by atoms with Crippen LogP contribution in [0.3, 0.4) is 0 Å². The van der Waals surface area contributed by atoms with Crippen molar-refractivity contribution in [2.24, 2.45) is 0 Å². The molecule has 4 heteroatoms. The van der Waals surface area contributed by atoms with Gasteiger partial charge in [-0.2, -0.15) is 0 Å². The van der Waals surface area contributed by atoms with Crippen LogP contribution in [-0.2, 0) is 4.79 Å². The average molecular weight is 225 g/mol. The molecule has 0 saturated heterocycles. The second-order valence-corrected chi connectivity index (χ2v) is 3.69. The van der Waals surface area contributed by atoms with Gasteiger partial charge in [-0.15, -0.1) is 0 Å². The molecule has 0 atom stereocenters. The van der Waals surface area contributed by atoms with Crippen molar-refractivity contribution in [1.82, 2.24) is 0 Å². The van der Waals surface area contributed by atoms with E-state index in [0.717, 1.165) is 0 Å². The predicted octanol–water partition coefficient (Wildman–Crippen LogP) is 2.24. The summed E-state index contributed by atoms with van der Waals surface area (Å²) in [5, 5.41) is 11.2. The second kappa shape index (κ2) is 6.23. The van der Waals surface area contributed by atoms with Gasteiger partial charge in [0.2, 0.25) is 5.91 Å². The number of benzene rings is 1. The Morgan fingerprint density at radius 2 is 2.19 bits per heavy atom. The molecule has 1 amide bonds. The molecule has 0 aromatic heterocycles. The number of nitrogens with one attached hydrogen (secondary N) is 1. The number of carbonyl (C=O) groups excluding carboxylic acids is 1. The number of hydrogen-bond acceptors (Lipinski definition) is 2. The minimum Gasteiger partial charge on any atom is -0.396 e. The van der Waals surface area contributed by atoms with Crippen LogP contribution >= 0.6 is 0 Å². The van der Waals surface area contributed by atoms with Crippen LogP contribution in [0.25, 0.3) is 0 Å². The van der Waals surface area contributed by atoms with Gasteiger partial charge in [0.25, 0.3) is 0 Å². The molecular formula is C12H16FNO2. The topological polar surface area (TPSA) is 49.3 Å². The third-order valence-corrected chi connectivity index (χ3v) is 2.25. The monoisotopic (exact) mass is 225 g/mol. The first-order valence-corrected chi connectivity index (χ1v) is 5.30. The van der Waals surface area contributed by atoms with Gasteiger partial charge >= 0.3 is 0 Å². The lowest BCUT2D eigenvalue weighted by molar-refractivity contribution is -0.116. The van der Waals surface area contributed by atoms with E-state index in [1.54, 1.807) is 13.0 Å². The number of carbonyl (C=O) groups is 1. The molecule has 0 heterocycles. The molecule has 0 spiro atoms. The Bertz CT molecular complexity index is 366. The molecule has 0 aliphatic heterocycles. The molecule has 1 rings (SSSR count). The number of hydrogen-bond donors (Lipinski definition) is 2. The maximum Gasteiger partial charge on any atom is 0.224 e. The second-order valence-electron chi connectivity index (χ2n) is 3.69. The van der Waals surface area contributed by atoms with Crippen molar-refractivity contribution in [3.8, 4) is 0 Å². The van der Waals surface area contributed by atoms with Crippen molar-refractivity contribution in [2.45, 2.75) is 26.2 Å². The first-order chi connectivity index (χ1) is 7.63. The van der Waals surface area contributed by atoms with Gasteiger partial charge in [-0.05, 0) is 43.5 Å². The fourth-order valence-electron chi connectivity index (χ4n) is 1.34. The third-order valence-electron chi connectivity index (χ3n) is 2.25. The summed E-state index contributed by atoms with van der Waals surface area (Å²) >= 11 is 0. The van der Waals surface area contributed by atoms with Crippen LogP contribution in [0.1, 0.15) is 24.8 Å². The molecule has 0 radical (unpaired) electrons. The third kappa shape index (κ3) is 3.98. The fourth-order valence-corrected chi connectivity index (χ4v) is 1.34. The van der Waals surface area contributed by atoms with E-state index in [1.165, 1.54) is 12.1 Å². The molecule has 3 nitrogen and oxygen atoms in total. The minimum atomic E-state index is -0.279. The Hall–Kier alpha value is -1.42. The van der Waals surface area contributed by atoms with Crippen molar-refractivity contribution >= 4 is 11.6 Å². The lowest BCUT2D eigenvalue weighted by atomic mass is 10.2. The number of rotatable bonds is 5. The Morgan fingerprint density at radius 1 is 1.44 bits per heavy atom. The van der Waals surface area contributed by atoms with Crippen LogP contribution < -0.4 is 5.32 Å². The van der Waals surface area contributed by atoms with Gasteiger partial charge in [0.1, 0.15) is 5.82 Å². The zero-order valence-electron chi connectivity index (χ0n) is 9.29. The summed E-state index contributed by atoms with van der Waals surface area (Å²) in [6.07, 6.45) is 1.65. The Kier molecular flexibility index (Phi) is 4.92. The van der Waals surface area contributed by atoms with Crippen molar-refractivity contribution in [3.05, 3.63) is 29.6 Å². The van der Waals surface area contributed by atoms with Gasteiger partial charge in [-0.25, -0.2) is 4.39 Å². The van der Waals surface area contributed by atoms with Gasteiger partial charge in [-0.1, -0.05) is 0 Å². The molecular weight excluding hydrogens is 209 g/mol. The number of unbranched alkanes of at least 4 members (excludes halogenated alkanes) is 1. The number of halogens is 1. The van der Waals surface area contributed by atoms with Crippen LogP contribution in [0.4, 0.5) is 10.1 Å². The number of anilines is 1. The van der Waals surface area contributed by atoms with Crippen molar-refractivity contribution in [1.29, 1.82) is 0 Å². The minimum absolute atomic E-state index is 0.100. The molecule has 0 fully saturated rings. The summed E-state index contributed by atoms with van der Waals surface area (Å²) in [6, 6.07) is 4.46. The van der Waals surface area contributed by atoms with Crippen molar-refractivity contribution < 1.29 is 14.3 Å². The number of aryl methyl sites for hydroxylation is 1. The van der Waals surface area contributed by atoms with Gasteiger partial charge in [0.15, 0.2) is 0 Å². The molecule has 16 heavy (non-hydrogen) atoms. The summed E-state index contributed by atoms with van der Waals surface area (Å²) in [7, 11) is 0. The smallest absolute Gasteiger partial charge is 0.224 e. The summed E-state index contributed by atoms with van der Waals surface area (Å²) in [5.41, 5.74) is 1.11. The van der Waals surface area contributed by atoms with Crippen molar-refractivity contribution in [2.75, 3.05) is 11.9 Å². The predicted molar refractivity (Wildman–Crippen MR) is 60.7 cm³/mol.